The van der Waals surface area contributed by atoms with Crippen LogP contribution < -0.4 is 0 Å². The molecule has 0 bridgehead atoms. The molecule has 2 heterocycles. The summed E-state index contributed by atoms with van der Waals surface area (Å²) in [7, 11) is 0. The van der Waals surface area contributed by atoms with Crippen LogP contribution in [0.4, 0.5) is 0 Å². The fourth-order valence-corrected chi connectivity index (χ4v) is 4.35. The summed E-state index contributed by atoms with van der Waals surface area (Å²) in [5.41, 5.74) is 2.96. The molecule has 0 spiro atoms. The standard InChI is InChI=1S/C22H21NO3S/c24-19-8-6-17(7-9-19)22(25)26-15-20(16-4-2-1-3-5-16)23-12-10-21-18(14-23)11-13-27-21/h1-9,11,13,20,24H,10,12,14-15H2. The van der Waals surface area contributed by atoms with Crippen molar-refractivity contribution in [3.05, 3.63) is 87.6 Å². The van der Waals surface area contributed by atoms with Crippen molar-refractivity contribution in [2.45, 2.75) is 19.0 Å². The molecule has 0 amide bonds. The number of carbonyl (C=O) groups excluding carboxylic acids is 1. The Morgan fingerprint density at radius 1 is 1.11 bits per heavy atom. The van der Waals surface area contributed by atoms with Crippen molar-refractivity contribution >= 4 is 17.3 Å². The zero-order valence-corrected chi connectivity index (χ0v) is 15.7. The van der Waals surface area contributed by atoms with Gasteiger partial charge in [0.2, 0.25) is 0 Å². The Morgan fingerprint density at radius 3 is 2.67 bits per heavy atom. The molecule has 0 saturated carbocycles. The molecule has 27 heavy (non-hydrogen) atoms. The van der Waals surface area contributed by atoms with Crippen molar-refractivity contribution < 1.29 is 14.6 Å². The summed E-state index contributed by atoms with van der Waals surface area (Å²) in [5, 5.41) is 11.5. The normalized spacial score (nSPS) is 15.1. The van der Waals surface area contributed by atoms with E-state index < -0.39 is 0 Å². The lowest BCUT2D eigenvalue weighted by molar-refractivity contribution is 0.0326. The smallest absolute Gasteiger partial charge is 0.338 e. The first-order chi connectivity index (χ1) is 13.2. The number of rotatable bonds is 5. The van der Waals surface area contributed by atoms with E-state index in [0.717, 1.165) is 25.1 Å². The molecule has 2 aromatic carbocycles. The van der Waals surface area contributed by atoms with Gasteiger partial charge >= 0.3 is 5.97 Å². The van der Waals surface area contributed by atoms with Crippen molar-refractivity contribution in [1.82, 2.24) is 4.90 Å². The number of nitrogens with zero attached hydrogens (tertiary/aromatic N) is 1. The molecule has 0 radical (unpaired) electrons. The van der Waals surface area contributed by atoms with Crippen molar-refractivity contribution in [2.24, 2.45) is 0 Å². The summed E-state index contributed by atoms with van der Waals surface area (Å²) in [5.74, 6) is -0.238. The van der Waals surface area contributed by atoms with Gasteiger partial charge in [0, 0.05) is 18.0 Å². The predicted molar refractivity (Wildman–Crippen MR) is 106 cm³/mol. The number of hydrogen-bond acceptors (Lipinski definition) is 5. The highest BCUT2D eigenvalue weighted by atomic mass is 32.1. The minimum Gasteiger partial charge on any atom is -0.508 e. The third kappa shape index (κ3) is 4.04. The second kappa shape index (κ2) is 7.94. The molecule has 1 N–H and O–H groups in total. The van der Waals surface area contributed by atoms with Gasteiger partial charge in [-0.05, 0) is 53.3 Å². The maximum Gasteiger partial charge on any atom is 0.338 e. The largest absolute Gasteiger partial charge is 0.508 e. The van der Waals surface area contributed by atoms with Gasteiger partial charge in [0.05, 0.1) is 11.6 Å². The van der Waals surface area contributed by atoms with Crippen LogP contribution in [-0.2, 0) is 17.7 Å². The van der Waals surface area contributed by atoms with E-state index in [0.29, 0.717) is 12.2 Å². The van der Waals surface area contributed by atoms with Gasteiger partial charge in [-0.3, -0.25) is 4.90 Å². The number of aromatic hydroxyl groups is 1. The van der Waals surface area contributed by atoms with E-state index in [1.165, 1.54) is 22.6 Å². The van der Waals surface area contributed by atoms with Crippen molar-refractivity contribution in [3.8, 4) is 5.75 Å². The van der Waals surface area contributed by atoms with Gasteiger partial charge in [0.15, 0.2) is 0 Å². The van der Waals surface area contributed by atoms with Gasteiger partial charge in [-0.25, -0.2) is 4.79 Å². The Balaban J connectivity index is 1.51. The van der Waals surface area contributed by atoms with Gasteiger partial charge in [0.1, 0.15) is 12.4 Å². The fourth-order valence-electron chi connectivity index (χ4n) is 3.46. The lowest BCUT2D eigenvalue weighted by Gasteiger charge is -2.34. The predicted octanol–water partition coefficient (Wildman–Crippen LogP) is 4.41. The minimum absolute atomic E-state index is 0.0142. The third-order valence-electron chi connectivity index (χ3n) is 4.94. The van der Waals surface area contributed by atoms with Gasteiger partial charge in [0.25, 0.3) is 0 Å². The summed E-state index contributed by atoms with van der Waals surface area (Å²) in [6.45, 7) is 2.11. The zero-order chi connectivity index (χ0) is 18.6. The van der Waals surface area contributed by atoms with Crippen LogP contribution in [0.3, 0.4) is 0 Å². The second-order valence-electron chi connectivity index (χ2n) is 6.66. The third-order valence-corrected chi connectivity index (χ3v) is 5.96. The SMILES string of the molecule is O=C(OCC(c1ccccc1)N1CCc2sccc2C1)c1ccc(O)cc1. The van der Waals surface area contributed by atoms with Crippen LogP contribution in [0.25, 0.3) is 0 Å². The maximum atomic E-state index is 12.4. The number of benzene rings is 2. The number of phenolic OH excluding ortho intramolecular Hbond substituents is 1. The molecule has 0 aliphatic carbocycles. The average molecular weight is 379 g/mol. The van der Waals surface area contributed by atoms with Gasteiger partial charge in [-0.2, -0.15) is 0 Å². The van der Waals surface area contributed by atoms with Crippen molar-refractivity contribution in [1.29, 1.82) is 0 Å². The molecule has 0 saturated heterocycles. The topological polar surface area (TPSA) is 49.8 Å². The van der Waals surface area contributed by atoms with E-state index in [1.807, 2.05) is 29.5 Å². The summed E-state index contributed by atoms with van der Waals surface area (Å²) < 4.78 is 5.65. The Bertz CT molecular complexity index is 905. The summed E-state index contributed by atoms with van der Waals surface area (Å²) in [4.78, 5) is 16.3. The summed E-state index contributed by atoms with van der Waals surface area (Å²) in [6.07, 6.45) is 1.03. The van der Waals surface area contributed by atoms with E-state index in [1.54, 1.807) is 12.1 Å². The molecule has 1 aliphatic rings. The summed E-state index contributed by atoms with van der Waals surface area (Å²) >= 11 is 1.82. The number of carbonyl (C=O) groups is 1. The number of fused-ring (bicyclic) bond motifs is 1. The molecule has 1 aromatic heterocycles. The van der Waals surface area contributed by atoms with E-state index >= 15 is 0 Å². The molecule has 4 nitrogen and oxygen atoms in total. The Labute approximate surface area is 162 Å². The molecular weight excluding hydrogens is 358 g/mol. The number of ether oxygens (including phenoxy) is 1. The molecule has 1 atom stereocenters. The minimum atomic E-state index is -0.371. The molecule has 4 rings (SSSR count). The van der Waals surface area contributed by atoms with Crippen LogP contribution in [0.1, 0.15) is 32.4 Å². The molecular formula is C22H21NO3S. The van der Waals surface area contributed by atoms with Crippen molar-refractivity contribution in [2.75, 3.05) is 13.2 Å². The van der Waals surface area contributed by atoms with Crippen molar-refractivity contribution in [3.63, 3.8) is 0 Å². The first-order valence-electron chi connectivity index (χ1n) is 9.01. The van der Waals surface area contributed by atoms with Crippen LogP contribution in [0.5, 0.6) is 5.75 Å². The Morgan fingerprint density at radius 2 is 1.89 bits per heavy atom. The molecule has 0 fully saturated rings. The molecule has 5 heteroatoms. The van der Waals surface area contributed by atoms with E-state index in [9.17, 15) is 9.90 Å². The first kappa shape index (κ1) is 17.8. The van der Waals surface area contributed by atoms with Gasteiger partial charge in [-0.1, -0.05) is 30.3 Å². The highest BCUT2D eigenvalue weighted by Gasteiger charge is 2.26. The monoisotopic (exact) mass is 379 g/mol. The molecule has 1 aliphatic heterocycles. The quantitative estimate of drug-likeness (QED) is 0.667. The Hall–Kier alpha value is -2.63. The van der Waals surface area contributed by atoms with E-state index in [2.05, 4.69) is 28.5 Å². The summed E-state index contributed by atoms with van der Waals surface area (Å²) in [6, 6.07) is 18.6. The number of hydrogen-bond donors (Lipinski definition) is 1. The molecule has 1 unspecified atom stereocenters. The number of phenols is 1. The number of thiophene rings is 1. The first-order valence-corrected chi connectivity index (χ1v) is 9.89. The maximum absolute atomic E-state index is 12.4. The lowest BCUT2D eigenvalue weighted by atomic mass is 10.0. The van der Waals surface area contributed by atoms with Crippen LogP contribution in [0.15, 0.2) is 66.0 Å². The van der Waals surface area contributed by atoms with Crippen LogP contribution in [-0.4, -0.2) is 29.1 Å². The van der Waals surface area contributed by atoms with Crippen LogP contribution in [0, 0.1) is 0 Å². The Kier molecular flexibility index (Phi) is 5.23. The average Bonchev–Trinajstić information content (AvgIpc) is 3.17. The van der Waals surface area contributed by atoms with E-state index in [4.69, 9.17) is 4.74 Å². The zero-order valence-electron chi connectivity index (χ0n) is 14.9. The van der Waals surface area contributed by atoms with Gasteiger partial charge in [-0.15, -0.1) is 11.3 Å². The highest BCUT2D eigenvalue weighted by molar-refractivity contribution is 7.10. The van der Waals surface area contributed by atoms with Crippen LogP contribution in [0.2, 0.25) is 0 Å². The fraction of sp³-hybridized carbons (Fsp3) is 0.227. The van der Waals surface area contributed by atoms with E-state index in [-0.39, 0.29) is 17.8 Å². The number of esters is 1. The van der Waals surface area contributed by atoms with Crippen LogP contribution >= 0.6 is 11.3 Å². The highest BCUT2D eigenvalue weighted by Crippen LogP contribution is 2.30. The van der Waals surface area contributed by atoms with Gasteiger partial charge < -0.3 is 9.84 Å². The molecule has 3 aromatic rings. The second-order valence-corrected chi connectivity index (χ2v) is 7.66. The molecule has 138 valence electrons. The lowest BCUT2D eigenvalue weighted by Crippen LogP contribution is -2.36.